The summed E-state index contributed by atoms with van der Waals surface area (Å²) in [6.07, 6.45) is 4.62. The van der Waals surface area contributed by atoms with Crippen LogP contribution in [0.4, 0.5) is 8.78 Å². The fourth-order valence-electron chi connectivity index (χ4n) is 6.08. The highest BCUT2D eigenvalue weighted by atomic mass is 35.5. The van der Waals surface area contributed by atoms with Gasteiger partial charge in [-0.05, 0) is 49.7 Å². The van der Waals surface area contributed by atoms with E-state index >= 15 is 0 Å². The first kappa shape index (κ1) is 27.0. The quantitative estimate of drug-likeness (QED) is 0.451. The minimum absolute atomic E-state index is 0.00670. The normalized spacial score (nSPS) is 25.9. The Balaban J connectivity index is 1.42. The number of halogens is 3. The predicted octanol–water partition coefficient (Wildman–Crippen LogP) is 4.88. The Bertz CT molecular complexity index is 996. The molecule has 2 atom stereocenters. The summed E-state index contributed by atoms with van der Waals surface area (Å²) in [6.45, 7) is 5.44. The van der Waals surface area contributed by atoms with Crippen LogP contribution in [-0.2, 0) is 16.1 Å². The average Bonchev–Trinajstić information content (AvgIpc) is 3.44. The number of carboxylic acids is 1. The largest absolute Gasteiger partial charge is 0.481 e. The topological polar surface area (TPSA) is 72.9 Å². The van der Waals surface area contributed by atoms with Crippen molar-refractivity contribution in [2.24, 2.45) is 11.3 Å². The molecule has 0 aromatic heterocycles. The van der Waals surface area contributed by atoms with Crippen molar-refractivity contribution in [1.82, 2.24) is 15.1 Å². The molecule has 0 saturated carbocycles. The van der Waals surface area contributed by atoms with Crippen molar-refractivity contribution in [2.75, 3.05) is 32.7 Å². The van der Waals surface area contributed by atoms with Crippen LogP contribution in [0.2, 0.25) is 5.02 Å². The van der Waals surface area contributed by atoms with Gasteiger partial charge in [0.1, 0.15) is 0 Å². The van der Waals surface area contributed by atoms with Gasteiger partial charge in [0.2, 0.25) is 5.91 Å². The molecule has 2 N–H and O–H groups in total. The molecule has 6 nitrogen and oxygen atoms in total. The maximum Gasteiger partial charge on any atom is 0.304 e. The maximum atomic E-state index is 13.6. The minimum atomic E-state index is -2.67. The van der Waals surface area contributed by atoms with Gasteiger partial charge in [0, 0.05) is 55.9 Å². The number of alkyl halides is 2. The number of allylic oxidation sites excluding steroid dienone is 1. The third kappa shape index (κ3) is 6.09. The second-order valence-corrected chi connectivity index (χ2v) is 11.1. The molecular weight excluding hydrogens is 488 g/mol. The van der Waals surface area contributed by atoms with E-state index in [4.69, 9.17) is 11.6 Å². The van der Waals surface area contributed by atoms with E-state index in [0.29, 0.717) is 12.1 Å². The number of carbonyl (C=O) groups is 2. The van der Waals surface area contributed by atoms with Crippen LogP contribution in [0, 0.1) is 11.3 Å². The Hall–Kier alpha value is -2.03. The lowest BCUT2D eigenvalue weighted by Crippen LogP contribution is -2.53. The van der Waals surface area contributed by atoms with E-state index in [2.05, 4.69) is 16.3 Å². The molecule has 4 rings (SSSR count). The Morgan fingerprint density at radius 3 is 2.61 bits per heavy atom. The standard InChI is InChI=1S/C27H36ClF2N3O3/c1-18-14-33(16-22-21(25(29)30)7-4-8-23(22)28)17-27(18,13-24(34)35)26(36)31-20-9-11-32(12-10-20)15-19-5-2-3-6-19/h4-5,7-8,18,20,25H,2-3,6,9-17H2,1H3,(H,31,36)(H,34,35). The zero-order valence-corrected chi connectivity index (χ0v) is 21.6. The van der Waals surface area contributed by atoms with Gasteiger partial charge in [-0.15, -0.1) is 0 Å². The molecule has 3 aliphatic rings. The second-order valence-electron chi connectivity index (χ2n) is 10.7. The Labute approximate surface area is 216 Å². The molecule has 198 valence electrons. The SMILES string of the molecule is CC1CN(Cc2c(Cl)cccc2C(F)F)CC1(CC(=O)O)C(=O)NC1CCN(CC2=CCCC2)CC1. The highest BCUT2D eigenvalue weighted by molar-refractivity contribution is 6.31. The third-order valence-electron chi connectivity index (χ3n) is 8.16. The van der Waals surface area contributed by atoms with Gasteiger partial charge < -0.3 is 10.4 Å². The van der Waals surface area contributed by atoms with E-state index in [9.17, 15) is 23.5 Å². The molecule has 2 unspecified atom stereocenters. The summed E-state index contributed by atoms with van der Waals surface area (Å²) in [5.41, 5.74) is 0.587. The monoisotopic (exact) mass is 523 g/mol. The highest BCUT2D eigenvalue weighted by Gasteiger charge is 2.51. The number of piperidine rings is 1. The lowest BCUT2D eigenvalue weighted by Gasteiger charge is -2.36. The fourth-order valence-corrected chi connectivity index (χ4v) is 6.32. The molecule has 2 aliphatic heterocycles. The van der Waals surface area contributed by atoms with E-state index in [-0.39, 0.29) is 48.0 Å². The van der Waals surface area contributed by atoms with Gasteiger partial charge in [0.25, 0.3) is 6.43 Å². The van der Waals surface area contributed by atoms with Crippen molar-refractivity contribution in [3.05, 3.63) is 46.0 Å². The summed E-state index contributed by atoms with van der Waals surface area (Å²) in [7, 11) is 0. The lowest BCUT2D eigenvalue weighted by atomic mass is 9.75. The van der Waals surface area contributed by atoms with Crippen LogP contribution < -0.4 is 5.32 Å². The molecule has 1 aromatic rings. The van der Waals surface area contributed by atoms with E-state index < -0.39 is 17.8 Å². The molecule has 2 heterocycles. The number of rotatable bonds is 9. The Morgan fingerprint density at radius 1 is 1.22 bits per heavy atom. The number of likely N-dealkylation sites (tertiary alicyclic amines) is 2. The van der Waals surface area contributed by atoms with Crippen molar-refractivity contribution in [1.29, 1.82) is 0 Å². The molecule has 1 aromatic carbocycles. The number of nitrogens with zero attached hydrogens (tertiary/aromatic N) is 2. The first-order valence-electron chi connectivity index (χ1n) is 12.9. The summed E-state index contributed by atoms with van der Waals surface area (Å²) < 4.78 is 27.2. The van der Waals surface area contributed by atoms with Gasteiger partial charge in [0.05, 0.1) is 11.8 Å². The number of hydrogen-bond donors (Lipinski definition) is 2. The van der Waals surface area contributed by atoms with Crippen LogP contribution >= 0.6 is 11.6 Å². The number of carboxylic acid groups (broad SMARTS) is 1. The summed E-state index contributed by atoms with van der Waals surface area (Å²) in [4.78, 5) is 29.8. The van der Waals surface area contributed by atoms with Crippen LogP contribution in [0.1, 0.15) is 63.0 Å². The lowest BCUT2D eigenvalue weighted by molar-refractivity contribution is -0.147. The first-order valence-corrected chi connectivity index (χ1v) is 13.3. The van der Waals surface area contributed by atoms with Crippen LogP contribution in [0.3, 0.4) is 0 Å². The number of amides is 1. The smallest absolute Gasteiger partial charge is 0.304 e. The first-order chi connectivity index (χ1) is 17.2. The van der Waals surface area contributed by atoms with E-state index in [1.807, 2.05) is 11.8 Å². The number of hydrogen-bond acceptors (Lipinski definition) is 4. The molecule has 2 fully saturated rings. The number of nitrogens with one attached hydrogen (secondary N) is 1. The van der Waals surface area contributed by atoms with Crippen LogP contribution in [0.15, 0.2) is 29.8 Å². The summed E-state index contributed by atoms with van der Waals surface area (Å²) in [6, 6.07) is 4.44. The Morgan fingerprint density at radius 2 is 1.97 bits per heavy atom. The minimum Gasteiger partial charge on any atom is -0.481 e. The molecule has 0 bridgehead atoms. The molecule has 0 spiro atoms. The maximum absolute atomic E-state index is 13.6. The predicted molar refractivity (Wildman–Crippen MR) is 135 cm³/mol. The van der Waals surface area contributed by atoms with Crippen molar-refractivity contribution < 1.29 is 23.5 Å². The Kier molecular flexibility index (Phi) is 8.68. The number of carbonyl (C=O) groups excluding carboxylic acids is 1. The zero-order chi connectivity index (χ0) is 25.9. The molecule has 1 aliphatic carbocycles. The van der Waals surface area contributed by atoms with E-state index in [1.165, 1.54) is 37.0 Å². The highest BCUT2D eigenvalue weighted by Crippen LogP contribution is 2.41. The van der Waals surface area contributed by atoms with Crippen molar-refractivity contribution in [2.45, 2.75) is 64.5 Å². The van der Waals surface area contributed by atoms with E-state index in [1.54, 1.807) is 6.07 Å². The second kappa shape index (κ2) is 11.6. The molecule has 2 saturated heterocycles. The molecular formula is C27H36ClF2N3O3. The van der Waals surface area contributed by atoms with E-state index in [0.717, 1.165) is 32.5 Å². The van der Waals surface area contributed by atoms with Crippen molar-refractivity contribution in [3.8, 4) is 0 Å². The molecule has 0 radical (unpaired) electrons. The van der Waals surface area contributed by atoms with Gasteiger partial charge in [-0.3, -0.25) is 19.4 Å². The zero-order valence-electron chi connectivity index (χ0n) is 20.8. The van der Waals surface area contributed by atoms with Gasteiger partial charge in [-0.1, -0.05) is 42.3 Å². The van der Waals surface area contributed by atoms with Crippen LogP contribution in [0.25, 0.3) is 0 Å². The third-order valence-corrected chi connectivity index (χ3v) is 8.51. The van der Waals surface area contributed by atoms with Gasteiger partial charge in [0.15, 0.2) is 0 Å². The fraction of sp³-hybridized carbons (Fsp3) is 0.630. The average molecular weight is 524 g/mol. The summed E-state index contributed by atoms with van der Waals surface area (Å²) in [5.74, 6) is -1.53. The van der Waals surface area contributed by atoms with Crippen molar-refractivity contribution in [3.63, 3.8) is 0 Å². The molecule has 9 heteroatoms. The van der Waals surface area contributed by atoms with Gasteiger partial charge in [-0.2, -0.15) is 0 Å². The molecule has 36 heavy (non-hydrogen) atoms. The number of aliphatic carboxylic acids is 1. The summed E-state index contributed by atoms with van der Waals surface area (Å²) in [5, 5.41) is 13.1. The summed E-state index contributed by atoms with van der Waals surface area (Å²) >= 11 is 6.26. The van der Waals surface area contributed by atoms with Gasteiger partial charge >= 0.3 is 5.97 Å². The van der Waals surface area contributed by atoms with Crippen molar-refractivity contribution >= 4 is 23.5 Å². The molecule has 1 amide bonds. The van der Waals surface area contributed by atoms with Crippen LogP contribution in [-0.4, -0.2) is 65.5 Å². The van der Waals surface area contributed by atoms with Crippen LogP contribution in [0.5, 0.6) is 0 Å². The number of benzene rings is 1. The van der Waals surface area contributed by atoms with Gasteiger partial charge in [-0.25, -0.2) is 8.78 Å².